The second kappa shape index (κ2) is 8.90. The van der Waals surface area contributed by atoms with Crippen LogP contribution in [0.15, 0.2) is 48.5 Å². The van der Waals surface area contributed by atoms with Gasteiger partial charge in [0.2, 0.25) is 0 Å². The number of carbonyl (C=O) groups excluding carboxylic acids is 2. The standard InChI is InChI=1S/C20H23N3O5/c1-20(11-17(24)25,15-4-3-5-16(10-15)28-2)23-18(26)14-8-6-13(7-9-14)12-22-19(21)27/h3-10H,11-12H2,1-2H3,(H,23,26)(H,24,25)(H3,21,22,27). The van der Waals surface area contributed by atoms with Crippen LogP contribution in [0.1, 0.15) is 34.8 Å². The number of carbonyl (C=O) groups is 3. The van der Waals surface area contributed by atoms with Gasteiger partial charge in [-0.1, -0.05) is 24.3 Å². The molecule has 0 aromatic heterocycles. The summed E-state index contributed by atoms with van der Waals surface area (Å²) in [6, 6.07) is 12.8. The molecular weight excluding hydrogens is 362 g/mol. The van der Waals surface area contributed by atoms with Crippen LogP contribution in [0, 0.1) is 0 Å². The Kier molecular flexibility index (Phi) is 6.59. The summed E-state index contributed by atoms with van der Waals surface area (Å²) in [6.45, 7) is 1.90. The van der Waals surface area contributed by atoms with Crippen molar-refractivity contribution in [3.63, 3.8) is 0 Å². The van der Waals surface area contributed by atoms with Gasteiger partial charge in [-0.3, -0.25) is 9.59 Å². The number of hydrogen-bond donors (Lipinski definition) is 4. The van der Waals surface area contributed by atoms with Crippen molar-refractivity contribution in [2.45, 2.75) is 25.4 Å². The zero-order valence-electron chi connectivity index (χ0n) is 15.7. The monoisotopic (exact) mass is 385 g/mol. The molecule has 0 spiro atoms. The molecule has 0 fully saturated rings. The minimum absolute atomic E-state index is 0.248. The lowest BCUT2D eigenvalue weighted by molar-refractivity contribution is -0.138. The van der Waals surface area contributed by atoms with E-state index < -0.39 is 23.4 Å². The molecule has 0 saturated carbocycles. The van der Waals surface area contributed by atoms with Crippen LogP contribution < -0.4 is 21.1 Å². The van der Waals surface area contributed by atoms with Gasteiger partial charge >= 0.3 is 12.0 Å². The number of hydrogen-bond acceptors (Lipinski definition) is 4. The van der Waals surface area contributed by atoms with Gasteiger partial charge in [0.1, 0.15) is 5.75 Å². The van der Waals surface area contributed by atoms with Crippen LogP contribution >= 0.6 is 0 Å². The van der Waals surface area contributed by atoms with E-state index in [-0.39, 0.29) is 13.0 Å². The summed E-state index contributed by atoms with van der Waals surface area (Å²) in [6.07, 6.45) is -0.299. The van der Waals surface area contributed by atoms with Crippen LogP contribution in [0.2, 0.25) is 0 Å². The summed E-state index contributed by atoms with van der Waals surface area (Å²) < 4.78 is 5.20. The van der Waals surface area contributed by atoms with Crippen LogP contribution in [0.3, 0.4) is 0 Å². The lowest BCUT2D eigenvalue weighted by Gasteiger charge is -2.30. The molecule has 0 bridgehead atoms. The van der Waals surface area contributed by atoms with Crippen LogP contribution in [0.5, 0.6) is 5.75 Å². The molecule has 2 rings (SSSR count). The highest BCUT2D eigenvalue weighted by Crippen LogP contribution is 2.28. The van der Waals surface area contributed by atoms with Gasteiger partial charge in [0, 0.05) is 12.1 Å². The number of nitrogens with one attached hydrogen (secondary N) is 2. The van der Waals surface area contributed by atoms with Crippen molar-refractivity contribution in [3.8, 4) is 5.75 Å². The smallest absolute Gasteiger partial charge is 0.312 e. The minimum Gasteiger partial charge on any atom is -0.497 e. The van der Waals surface area contributed by atoms with E-state index in [1.165, 1.54) is 7.11 Å². The van der Waals surface area contributed by atoms with E-state index in [0.29, 0.717) is 16.9 Å². The van der Waals surface area contributed by atoms with Gasteiger partial charge in [-0.25, -0.2) is 4.79 Å². The molecule has 1 atom stereocenters. The number of urea groups is 1. The molecule has 0 heterocycles. The Bertz CT molecular complexity index is 866. The molecule has 2 aromatic carbocycles. The maximum absolute atomic E-state index is 12.7. The molecular formula is C20H23N3O5. The molecule has 1 unspecified atom stereocenters. The molecule has 0 aliphatic carbocycles. The van der Waals surface area contributed by atoms with E-state index >= 15 is 0 Å². The van der Waals surface area contributed by atoms with E-state index in [1.807, 2.05) is 0 Å². The maximum Gasteiger partial charge on any atom is 0.312 e. The first-order chi connectivity index (χ1) is 13.2. The first kappa shape index (κ1) is 20.8. The number of rotatable bonds is 8. The van der Waals surface area contributed by atoms with E-state index in [9.17, 15) is 19.5 Å². The van der Waals surface area contributed by atoms with Crippen molar-refractivity contribution in [3.05, 3.63) is 65.2 Å². The van der Waals surface area contributed by atoms with Crippen molar-refractivity contribution in [2.24, 2.45) is 5.73 Å². The molecule has 0 saturated heterocycles. The highest BCUT2D eigenvalue weighted by atomic mass is 16.5. The molecule has 0 radical (unpaired) electrons. The molecule has 148 valence electrons. The van der Waals surface area contributed by atoms with E-state index in [4.69, 9.17) is 10.5 Å². The highest BCUT2D eigenvalue weighted by Gasteiger charge is 2.32. The number of methoxy groups -OCH3 is 1. The second-order valence-corrected chi connectivity index (χ2v) is 6.50. The summed E-state index contributed by atoms with van der Waals surface area (Å²) in [4.78, 5) is 34.9. The van der Waals surface area contributed by atoms with E-state index in [1.54, 1.807) is 55.5 Å². The summed E-state index contributed by atoms with van der Waals surface area (Å²) in [5, 5.41) is 14.6. The zero-order chi connectivity index (χ0) is 20.7. The summed E-state index contributed by atoms with van der Waals surface area (Å²) >= 11 is 0. The zero-order valence-corrected chi connectivity index (χ0v) is 15.7. The molecule has 8 heteroatoms. The Morgan fingerprint density at radius 2 is 1.82 bits per heavy atom. The third kappa shape index (κ3) is 5.47. The topological polar surface area (TPSA) is 131 Å². The average Bonchev–Trinajstić information content (AvgIpc) is 2.66. The normalized spacial score (nSPS) is 12.5. The van der Waals surface area contributed by atoms with Crippen molar-refractivity contribution in [1.29, 1.82) is 0 Å². The Hall–Kier alpha value is -3.55. The molecule has 0 aliphatic heterocycles. The Balaban J connectivity index is 2.22. The molecule has 3 amide bonds. The van der Waals surface area contributed by atoms with Crippen LogP contribution in [0.25, 0.3) is 0 Å². The lowest BCUT2D eigenvalue weighted by Crippen LogP contribution is -2.45. The van der Waals surface area contributed by atoms with Crippen molar-refractivity contribution < 1.29 is 24.2 Å². The minimum atomic E-state index is -1.14. The molecule has 28 heavy (non-hydrogen) atoms. The SMILES string of the molecule is COc1cccc(C(C)(CC(=O)O)NC(=O)c2ccc(CNC(N)=O)cc2)c1. The Morgan fingerprint density at radius 3 is 2.39 bits per heavy atom. The van der Waals surface area contributed by atoms with E-state index in [0.717, 1.165) is 5.56 Å². The lowest BCUT2D eigenvalue weighted by atomic mass is 9.88. The van der Waals surface area contributed by atoms with Gasteiger partial charge < -0.3 is 26.2 Å². The molecule has 5 N–H and O–H groups in total. The number of carboxylic acid groups (broad SMARTS) is 1. The van der Waals surface area contributed by atoms with E-state index in [2.05, 4.69) is 10.6 Å². The fourth-order valence-electron chi connectivity index (χ4n) is 2.77. The third-order valence-electron chi connectivity index (χ3n) is 4.28. The summed E-state index contributed by atoms with van der Waals surface area (Å²) in [5.41, 5.74) is 5.65. The first-order valence-electron chi connectivity index (χ1n) is 8.54. The summed E-state index contributed by atoms with van der Waals surface area (Å²) in [5.74, 6) is -0.894. The van der Waals surface area contributed by atoms with Crippen molar-refractivity contribution >= 4 is 17.9 Å². The van der Waals surface area contributed by atoms with Crippen molar-refractivity contribution in [2.75, 3.05) is 7.11 Å². The van der Waals surface area contributed by atoms with Gasteiger partial charge in [-0.2, -0.15) is 0 Å². The quantitative estimate of drug-likeness (QED) is 0.552. The second-order valence-electron chi connectivity index (χ2n) is 6.50. The fraction of sp³-hybridized carbons (Fsp3) is 0.250. The number of aliphatic carboxylic acids is 1. The largest absolute Gasteiger partial charge is 0.497 e. The summed E-state index contributed by atoms with van der Waals surface area (Å²) in [7, 11) is 1.51. The number of carboxylic acids is 1. The average molecular weight is 385 g/mol. The predicted octanol–water partition coefficient (Wildman–Crippen LogP) is 1.98. The van der Waals surface area contributed by atoms with Crippen LogP contribution in [0.4, 0.5) is 4.79 Å². The molecule has 2 aromatic rings. The molecule has 8 nitrogen and oxygen atoms in total. The van der Waals surface area contributed by atoms with Gasteiger partial charge in [0.05, 0.1) is 19.1 Å². The molecule has 0 aliphatic rings. The predicted molar refractivity (Wildman–Crippen MR) is 103 cm³/mol. The first-order valence-corrected chi connectivity index (χ1v) is 8.54. The number of primary amides is 1. The fourth-order valence-corrected chi connectivity index (χ4v) is 2.77. The Morgan fingerprint density at radius 1 is 1.14 bits per heavy atom. The van der Waals surface area contributed by atoms with Gasteiger partial charge in [-0.15, -0.1) is 0 Å². The third-order valence-corrected chi connectivity index (χ3v) is 4.28. The Labute approximate surface area is 162 Å². The number of ether oxygens (including phenoxy) is 1. The van der Waals surface area contributed by atoms with Gasteiger partial charge in [0.25, 0.3) is 5.91 Å². The number of nitrogens with two attached hydrogens (primary N) is 1. The van der Waals surface area contributed by atoms with Gasteiger partial charge in [0.15, 0.2) is 0 Å². The number of benzene rings is 2. The highest BCUT2D eigenvalue weighted by molar-refractivity contribution is 5.95. The maximum atomic E-state index is 12.7. The van der Waals surface area contributed by atoms with Gasteiger partial charge in [-0.05, 0) is 42.3 Å². The van der Waals surface area contributed by atoms with Crippen LogP contribution in [-0.4, -0.2) is 30.1 Å². The number of amides is 3. The van der Waals surface area contributed by atoms with Crippen molar-refractivity contribution in [1.82, 2.24) is 10.6 Å². The van der Waals surface area contributed by atoms with Crippen LogP contribution in [-0.2, 0) is 16.9 Å².